The van der Waals surface area contributed by atoms with E-state index in [1.165, 1.54) is 11.1 Å². The maximum atomic E-state index is 5.90. The van der Waals surface area contributed by atoms with E-state index in [2.05, 4.69) is 55.6 Å². The predicted octanol–water partition coefficient (Wildman–Crippen LogP) is 3.65. The molecule has 0 heterocycles. The van der Waals surface area contributed by atoms with Gasteiger partial charge in [0.1, 0.15) is 12.4 Å². The lowest BCUT2D eigenvalue weighted by Gasteiger charge is -2.13. The summed E-state index contributed by atoms with van der Waals surface area (Å²) in [6, 6.07) is 19.3. The van der Waals surface area contributed by atoms with Gasteiger partial charge in [0.15, 0.2) is 0 Å². The fraction of sp³-hybridized carbons (Fsp3) is 0.333. The standard InChI is InChI=1S/C18H23NO/c1-15(2)19-12-13-20-18-11-7-6-10-17(18)14-16-8-4-3-5-9-16/h3-11,15,19H,12-14H2,1-2H3. The van der Waals surface area contributed by atoms with Crippen molar-refractivity contribution in [3.63, 3.8) is 0 Å². The fourth-order valence-electron chi connectivity index (χ4n) is 2.12. The highest BCUT2D eigenvalue weighted by Crippen LogP contribution is 2.21. The molecule has 0 amide bonds. The van der Waals surface area contributed by atoms with Crippen molar-refractivity contribution in [2.24, 2.45) is 0 Å². The van der Waals surface area contributed by atoms with Gasteiger partial charge in [-0.3, -0.25) is 0 Å². The second-order valence-corrected chi connectivity index (χ2v) is 5.23. The molecule has 0 spiro atoms. The van der Waals surface area contributed by atoms with E-state index in [1.54, 1.807) is 0 Å². The summed E-state index contributed by atoms with van der Waals surface area (Å²) in [4.78, 5) is 0. The topological polar surface area (TPSA) is 21.3 Å². The Morgan fingerprint density at radius 2 is 1.65 bits per heavy atom. The average Bonchev–Trinajstić information content (AvgIpc) is 2.46. The van der Waals surface area contributed by atoms with Crippen molar-refractivity contribution >= 4 is 0 Å². The summed E-state index contributed by atoms with van der Waals surface area (Å²) in [5.74, 6) is 0.988. The Hall–Kier alpha value is -1.80. The van der Waals surface area contributed by atoms with Gasteiger partial charge >= 0.3 is 0 Å². The lowest BCUT2D eigenvalue weighted by atomic mass is 10.0. The van der Waals surface area contributed by atoms with E-state index in [9.17, 15) is 0 Å². The molecule has 0 radical (unpaired) electrons. The summed E-state index contributed by atoms with van der Waals surface area (Å²) in [7, 11) is 0. The molecule has 2 rings (SSSR count). The number of benzene rings is 2. The zero-order valence-corrected chi connectivity index (χ0v) is 12.3. The van der Waals surface area contributed by atoms with Crippen LogP contribution in [0.2, 0.25) is 0 Å². The highest BCUT2D eigenvalue weighted by Gasteiger charge is 2.04. The van der Waals surface area contributed by atoms with Crippen molar-refractivity contribution < 1.29 is 4.74 Å². The largest absolute Gasteiger partial charge is 0.492 e. The van der Waals surface area contributed by atoms with Crippen molar-refractivity contribution in [3.05, 3.63) is 65.7 Å². The van der Waals surface area contributed by atoms with Gasteiger partial charge in [0.2, 0.25) is 0 Å². The van der Waals surface area contributed by atoms with Crippen LogP contribution in [0, 0.1) is 0 Å². The molecule has 0 saturated carbocycles. The summed E-state index contributed by atoms with van der Waals surface area (Å²) in [6.45, 7) is 5.86. The zero-order chi connectivity index (χ0) is 14.2. The lowest BCUT2D eigenvalue weighted by Crippen LogP contribution is -2.27. The molecule has 0 aliphatic carbocycles. The first-order valence-electron chi connectivity index (χ1n) is 7.23. The quantitative estimate of drug-likeness (QED) is 0.775. The SMILES string of the molecule is CC(C)NCCOc1ccccc1Cc1ccccc1. The third-order valence-electron chi connectivity index (χ3n) is 3.12. The molecule has 0 atom stereocenters. The molecule has 106 valence electrons. The molecule has 0 aromatic heterocycles. The summed E-state index contributed by atoms with van der Waals surface area (Å²) < 4.78 is 5.90. The van der Waals surface area contributed by atoms with Gasteiger partial charge in [-0.1, -0.05) is 62.4 Å². The first-order chi connectivity index (χ1) is 9.75. The summed E-state index contributed by atoms with van der Waals surface area (Å²) >= 11 is 0. The normalized spacial score (nSPS) is 10.8. The van der Waals surface area contributed by atoms with Gasteiger partial charge in [0, 0.05) is 19.0 Å². The first-order valence-corrected chi connectivity index (χ1v) is 7.23. The molecule has 1 N–H and O–H groups in total. The van der Waals surface area contributed by atoms with Crippen molar-refractivity contribution in [3.8, 4) is 5.75 Å². The average molecular weight is 269 g/mol. The van der Waals surface area contributed by atoms with Crippen LogP contribution in [-0.2, 0) is 6.42 Å². The summed E-state index contributed by atoms with van der Waals surface area (Å²) in [6.07, 6.45) is 0.911. The lowest BCUT2D eigenvalue weighted by molar-refractivity contribution is 0.306. The smallest absolute Gasteiger partial charge is 0.122 e. The van der Waals surface area contributed by atoms with E-state index >= 15 is 0 Å². The van der Waals surface area contributed by atoms with E-state index in [4.69, 9.17) is 4.74 Å². The Bertz CT molecular complexity index is 508. The Morgan fingerprint density at radius 1 is 0.950 bits per heavy atom. The number of para-hydroxylation sites is 1. The van der Waals surface area contributed by atoms with Crippen molar-refractivity contribution in [2.75, 3.05) is 13.2 Å². The molecule has 2 aromatic carbocycles. The number of rotatable bonds is 7. The van der Waals surface area contributed by atoms with E-state index in [1.807, 2.05) is 18.2 Å². The molecule has 0 saturated heterocycles. The monoisotopic (exact) mass is 269 g/mol. The van der Waals surface area contributed by atoms with Crippen LogP contribution in [-0.4, -0.2) is 19.2 Å². The van der Waals surface area contributed by atoms with Gasteiger partial charge in [0.05, 0.1) is 0 Å². The van der Waals surface area contributed by atoms with Crippen LogP contribution in [0.1, 0.15) is 25.0 Å². The predicted molar refractivity (Wildman–Crippen MR) is 84.3 cm³/mol. The van der Waals surface area contributed by atoms with Crippen LogP contribution in [0.4, 0.5) is 0 Å². The Kier molecular flexibility index (Phi) is 5.63. The molecule has 0 unspecified atom stereocenters. The molecule has 20 heavy (non-hydrogen) atoms. The molecule has 0 fully saturated rings. The minimum Gasteiger partial charge on any atom is -0.492 e. The van der Waals surface area contributed by atoms with Gasteiger partial charge < -0.3 is 10.1 Å². The third kappa shape index (κ3) is 4.71. The second kappa shape index (κ2) is 7.71. The van der Waals surface area contributed by atoms with Crippen LogP contribution in [0.25, 0.3) is 0 Å². The van der Waals surface area contributed by atoms with E-state index in [-0.39, 0.29) is 0 Å². The minimum atomic E-state index is 0.498. The molecule has 2 aromatic rings. The molecule has 0 aliphatic rings. The Balaban J connectivity index is 1.96. The molecule has 0 bridgehead atoms. The second-order valence-electron chi connectivity index (χ2n) is 5.23. The number of nitrogens with one attached hydrogen (secondary N) is 1. The van der Waals surface area contributed by atoms with Crippen LogP contribution in [0.5, 0.6) is 5.75 Å². The first kappa shape index (κ1) is 14.6. The maximum Gasteiger partial charge on any atom is 0.122 e. The fourth-order valence-corrected chi connectivity index (χ4v) is 2.12. The van der Waals surface area contributed by atoms with Crippen molar-refractivity contribution in [1.82, 2.24) is 5.32 Å². The van der Waals surface area contributed by atoms with Crippen LogP contribution < -0.4 is 10.1 Å². The van der Waals surface area contributed by atoms with Crippen molar-refractivity contribution in [2.45, 2.75) is 26.3 Å². The highest BCUT2D eigenvalue weighted by molar-refractivity contribution is 5.37. The molecule has 2 heteroatoms. The Labute approximate surface area is 121 Å². The number of ether oxygens (including phenoxy) is 1. The number of hydrogen-bond donors (Lipinski definition) is 1. The van der Waals surface area contributed by atoms with Gasteiger partial charge in [-0.05, 0) is 17.2 Å². The Morgan fingerprint density at radius 3 is 2.40 bits per heavy atom. The van der Waals surface area contributed by atoms with Crippen LogP contribution >= 0.6 is 0 Å². The van der Waals surface area contributed by atoms with Crippen LogP contribution in [0.15, 0.2) is 54.6 Å². The van der Waals surface area contributed by atoms with E-state index in [0.29, 0.717) is 12.6 Å². The van der Waals surface area contributed by atoms with Gasteiger partial charge in [0.25, 0.3) is 0 Å². The molecular formula is C18H23NO. The summed E-state index contributed by atoms with van der Waals surface area (Å²) in [5, 5.41) is 3.36. The van der Waals surface area contributed by atoms with Gasteiger partial charge in [-0.15, -0.1) is 0 Å². The summed E-state index contributed by atoms with van der Waals surface area (Å²) in [5.41, 5.74) is 2.55. The molecular weight excluding hydrogens is 246 g/mol. The van der Waals surface area contributed by atoms with Crippen molar-refractivity contribution in [1.29, 1.82) is 0 Å². The number of hydrogen-bond acceptors (Lipinski definition) is 2. The van der Waals surface area contributed by atoms with Gasteiger partial charge in [-0.25, -0.2) is 0 Å². The molecule has 2 nitrogen and oxygen atoms in total. The maximum absolute atomic E-state index is 5.90. The zero-order valence-electron chi connectivity index (χ0n) is 12.3. The third-order valence-corrected chi connectivity index (χ3v) is 3.12. The molecule has 0 aliphatic heterocycles. The van der Waals surface area contributed by atoms with E-state index in [0.717, 1.165) is 18.7 Å². The van der Waals surface area contributed by atoms with Gasteiger partial charge in [-0.2, -0.15) is 0 Å². The highest BCUT2D eigenvalue weighted by atomic mass is 16.5. The minimum absolute atomic E-state index is 0.498. The van der Waals surface area contributed by atoms with E-state index < -0.39 is 0 Å². The van der Waals surface area contributed by atoms with Crippen LogP contribution in [0.3, 0.4) is 0 Å².